The second-order valence-electron chi connectivity index (χ2n) is 4.54. The minimum Gasteiger partial charge on any atom is -0.425 e. The molecule has 0 amide bonds. The summed E-state index contributed by atoms with van der Waals surface area (Å²) in [6.45, 7) is 0.645. The van der Waals surface area contributed by atoms with Crippen LogP contribution in [-0.2, 0) is 9.47 Å². The third-order valence-electron chi connectivity index (χ3n) is 2.61. The van der Waals surface area contributed by atoms with E-state index in [1.54, 1.807) is 13.8 Å². The van der Waals surface area contributed by atoms with Crippen molar-refractivity contribution >= 4 is 6.16 Å². The first-order chi connectivity index (χ1) is 8.51. The molecule has 19 heavy (non-hydrogen) atoms. The molecule has 0 spiro atoms. The highest BCUT2D eigenvalue weighted by molar-refractivity contribution is 5.60. The summed E-state index contributed by atoms with van der Waals surface area (Å²) >= 11 is 0. The fraction of sp³-hybridized carbons (Fsp3) is 0.900. The number of carbonyl (C=O) groups is 1. The molecule has 0 saturated carbocycles. The molecule has 0 aromatic rings. The zero-order valence-corrected chi connectivity index (χ0v) is 10.3. The molecular formula is C10H14F5NO3. The summed E-state index contributed by atoms with van der Waals surface area (Å²) in [6.07, 6.45) is -8.26. The number of rotatable bonds is 3. The van der Waals surface area contributed by atoms with E-state index in [0.29, 0.717) is 0 Å². The fourth-order valence-electron chi connectivity index (χ4n) is 1.59. The molecule has 1 fully saturated rings. The van der Waals surface area contributed by atoms with E-state index in [1.807, 2.05) is 0 Å². The maximum atomic E-state index is 13.5. The Labute approximate surface area is 106 Å². The van der Waals surface area contributed by atoms with Crippen molar-refractivity contribution < 1.29 is 36.2 Å². The van der Waals surface area contributed by atoms with Crippen LogP contribution < -0.4 is 0 Å². The van der Waals surface area contributed by atoms with E-state index in [9.17, 15) is 26.7 Å². The zero-order valence-electron chi connectivity index (χ0n) is 10.3. The van der Waals surface area contributed by atoms with Gasteiger partial charge in [-0.2, -0.15) is 13.2 Å². The van der Waals surface area contributed by atoms with E-state index >= 15 is 0 Å². The number of hydrogen-bond acceptors (Lipinski definition) is 4. The van der Waals surface area contributed by atoms with Gasteiger partial charge >= 0.3 is 12.3 Å². The molecule has 1 atom stereocenters. The molecule has 1 saturated heterocycles. The second-order valence-corrected chi connectivity index (χ2v) is 4.54. The first-order valence-corrected chi connectivity index (χ1v) is 5.53. The average molecular weight is 291 g/mol. The van der Waals surface area contributed by atoms with Crippen LogP contribution in [0.5, 0.6) is 0 Å². The van der Waals surface area contributed by atoms with Crippen molar-refractivity contribution in [2.75, 3.05) is 19.7 Å². The molecule has 1 heterocycles. The van der Waals surface area contributed by atoms with Gasteiger partial charge in [-0.15, -0.1) is 0 Å². The van der Waals surface area contributed by atoms with Crippen molar-refractivity contribution in [1.82, 2.24) is 4.90 Å². The monoisotopic (exact) mass is 291 g/mol. The van der Waals surface area contributed by atoms with Crippen molar-refractivity contribution in [2.24, 2.45) is 0 Å². The molecule has 0 aromatic carbocycles. The fourth-order valence-corrected chi connectivity index (χ4v) is 1.59. The highest BCUT2D eigenvalue weighted by atomic mass is 19.4. The van der Waals surface area contributed by atoms with Crippen LogP contribution in [0.25, 0.3) is 0 Å². The normalized spacial score (nSPS) is 23.7. The molecule has 0 aliphatic carbocycles. The molecule has 0 unspecified atom stereocenters. The highest BCUT2D eigenvalue weighted by Gasteiger charge is 2.51. The van der Waals surface area contributed by atoms with Gasteiger partial charge in [-0.3, -0.25) is 4.90 Å². The molecule has 9 heteroatoms. The summed E-state index contributed by atoms with van der Waals surface area (Å²) in [5, 5.41) is 0. The maximum absolute atomic E-state index is 13.5. The predicted molar refractivity (Wildman–Crippen MR) is 53.9 cm³/mol. The SMILES string of the molecule is CC(C)N1C[C@H](OC(=O)OCC(F)(F)F)C(F)(F)C1. The summed E-state index contributed by atoms with van der Waals surface area (Å²) in [7, 11) is 0. The summed E-state index contributed by atoms with van der Waals surface area (Å²) in [5.74, 6) is -3.30. The van der Waals surface area contributed by atoms with Gasteiger partial charge in [-0.1, -0.05) is 0 Å². The molecule has 1 rings (SSSR count). The van der Waals surface area contributed by atoms with Crippen LogP contribution in [0.3, 0.4) is 0 Å². The molecular weight excluding hydrogens is 277 g/mol. The smallest absolute Gasteiger partial charge is 0.425 e. The van der Waals surface area contributed by atoms with Crippen molar-refractivity contribution in [3.05, 3.63) is 0 Å². The van der Waals surface area contributed by atoms with Gasteiger partial charge in [-0.25, -0.2) is 13.6 Å². The molecule has 0 bridgehead atoms. The first kappa shape index (κ1) is 15.9. The highest BCUT2D eigenvalue weighted by Crippen LogP contribution is 2.31. The van der Waals surface area contributed by atoms with Crippen molar-refractivity contribution in [3.63, 3.8) is 0 Å². The first-order valence-electron chi connectivity index (χ1n) is 5.53. The summed E-state index contributed by atoms with van der Waals surface area (Å²) < 4.78 is 70.2. The number of nitrogens with zero attached hydrogens (tertiary/aromatic N) is 1. The van der Waals surface area contributed by atoms with Gasteiger partial charge in [0, 0.05) is 12.6 Å². The molecule has 112 valence electrons. The zero-order chi connectivity index (χ0) is 14.8. The Bertz CT molecular complexity index is 332. The Morgan fingerprint density at radius 1 is 1.42 bits per heavy atom. The summed E-state index contributed by atoms with van der Waals surface area (Å²) in [6, 6.07) is -0.189. The van der Waals surface area contributed by atoms with Crippen LogP contribution in [0.2, 0.25) is 0 Å². The van der Waals surface area contributed by atoms with Gasteiger partial charge in [0.15, 0.2) is 12.7 Å². The maximum Gasteiger partial charge on any atom is 0.509 e. The Morgan fingerprint density at radius 3 is 2.42 bits per heavy atom. The Hall–Kier alpha value is -1.12. The van der Waals surface area contributed by atoms with E-state index in [2.05, 4.69) is 9.47 Å². The predicted octanol–water partition coefficient (Wildman–Crippen LogP) is 2.43. The summed E-state index contributed by atoms with van der Waals surface area (Å²) in [5.41, 5.74) is 0. The van der Waals surface area contributed by atoms with Crippen LogP contribution in [0, 0.1) is 0 Å². The molecule has 1 aliphatic rings. The van der Waals surface area contributed by atoms with Gasteiger partial charge < -0.3 is 9.47 Å². The van der Waals surface area contributed by atoms with E-state index in [0.717, 1.165) is 0 Å². The third-order valence-corrected chi connectivity index (χ3v) is 2.61. The molecule has 0 radical (unpaired) electrons. The lowest BCUT2D eigenvalue weighted by molar-refractivity contribution is -0.171. The number of hydrogen-bond donors (Lipinski definition) is 0. The van der Waals surface area contributed by atoms with E-state index in [4.69, 9.17) is 0 Å². The van der Waals surface area contributed by atoms with Crippen molar-refractivity contribution in [3.8, 4) is 0 Å². The quantitative estimate of drug-likeness (QED) is 0.591. The molecule has 4 nitrogen and oxygen atoms in total. The van der Waals surface area contributed by atoms with E-state index < -0.39 is 37.5 Å². The minimum absolute atomic E-state index is 0.189. The van der Waals surface area contributed by atoms with Crippen LogP contribution in [0.4, 0.5) is 26.7 Å². The van der Waals surface area contributed by atoms with Crippen LogP contribution in [-0.4, -0.2) is 55.0 Å². The van der Waals surface area contributed by atoms with Gasteiger partial charge in [-0.05, 0) is 13.8 Å². The molecule has 0 aromatic heterocycles. The lowest BCUT2D eigenvalue weighted by atomic mass is 10.2. The number of halogens is 5. The van der Waals surface area contributed by atoms with Crippen LogP contribution in [0.1, 0.15) is 13.8 Å². The van der Waals surface area contributed by atoms with E-state index in [-0.39, 0.29) is 12.6 Å². The van der Waals surface area contributed by atoms with Gasteiger partial charge in [0.2, 0.25) is 0 Å². The number of carbonyl (C=O) groups excluding carboxylic acids is 1. The Kier molecular flexibility index (Phi) is 4.59. The molecule has 0 N–H and O–H groups in total. The van der Waals surface area contributed by atoms with E-state index in [1.165, 1.54) is 4.90 Å². The second kappa shape index (κ2) is 5.48. The molecule has 1 aliphatic heterocycles. The summed E-state index contributed by atoms with van der Waals surface area (Å²) in [4.78, 5) is 12.3. The minimum atomic E-state index is -4.72. The lowest BCUT2D eigenvalue weighted by Gasteiger charge is -2.18. The Morgan fingerprint density at radius 2 is 2.00 bits per heavy atom. The van der Waals surface area contributed by atoms with Crippen molar-refractivity contribution in [1.29, 1.82) is 0 Å². The van der Waals surface area contributed by atoms with Gasteiger partial charge in [0.1, 0.15) is 0 Å². The number of ether oxygens (including phenoxy) is 2. The van der Waals surface area contributed by atoms with Gasteiger partial charge in [0.05, 0.1) is 6.54 Å². The Balaban J connectivity index is 2.50. The standard InChI is InChI=1S/C10H14F5NO3/c1-6(2)16-3-7(9(11,12)4-16)19-8(17)18-5-10(13,14)15/h6-7H,3-5H2,1-2H3/t7-/m0/s1. The largest absolute Gasteiger partial charge is 0.509 e. The number of likely N-dealkylation sites (tertiary alicyclic amines) is 1. The van der Waals surface area contributed by atoms with Gasteiger partial charge in [0.25, 0.3) is 5.92 Å². The van der Waals surface area contributed by atoms with Crippen LogP contribution >= 0.6 is 0 Å². The topological polar surface area (TPSA) is 38.8 Å². The van der Waals surface area contributed by atoms with Crippen molar-refractivity contribution in [2.45, 2.75) is 38.1 Å². The van der Waals surface area contributed by atoms with Crippen LogP contribution in [0.15, 0.2) is 0 Å². The number of alkyl halides is 5. The average Bonchev–Trinajstić information content (AvgIpc) is 2.51. The third kappa shape index (κ3) is 4.81. The lowest BCUT2D eigenvalue weighted by Crippen LogP contribution is -2.36.